The number of hydrogen-bond acceptors (Lipinski definition) is 3. The molecule has 0 atom stereocenters. The third-order valence-electron chi connectivity index (χ3n) is 2.16. The maximum absolute atomic E-state index is 13.4. The maximum atomic E-state index is 13.4. The fourth-order valence-corrected chi connectivity index (χ4v) is 2.46. The molecule has 96 valence electrons. The van der Waals surface area contributed by atoms with Crippen molar-refractivity contribution in [2.24, 2.45) is 0 Å². The second-order valence-corrected chi connectivity index (χ2v) is 5.44. The first-order valence-corrected chi connectivity index (χ1v) is 6.76. The van der Waals surface area contributed by atoms with Crippen molar-refractivity contribution in [2.45, 2.75) is 19.8 Å². The summed E-state index contributed by atoms with van der Waals surface area (Å²) in [5, 5.41) is 0. The molecule has 17 heavy (non-hydrogen) atoms. The molecule has 0 radical (unpaired) electrons. The van der Waals surface area contributed by atoms with Crippen LogP contribution in [0, 0.1) is 11.6 Å². The van der Waals surface area contributed by atoms with Gasteiger partial charge < -0.3 is 5.73 Å². The highest BCUT2D eigenvalue weighted by Gasteiger charge is 2.16. The monoisotopic (exact) mass is 264 g/mol. The number of sulfonamides is 1. The van der Waals surface area contributed by atoms with Gasteiger partial charge >= 0.3 is 0 Å². The molecule has 4 nitrogen and oxygen atoms in total. The Balaban J connectivity index is 2.93. The Morgan fingerprint density at radius 1 is 1.35 bits per heavy atom. The number of nitrogen functional groups attached to an aromatic ring is 1. The summed E-state index contributed by atoms with van der Waals surface area (Å²) in [6.07, 6.45) is 1.17. The molecule has 1 rings (SSSR count). The average molecular weight is 264 g/mol. The summed E-state index contributed by atoms with van der Waals surface area (Å²) >= 11 is 0. The lowest BCUT2D eigenvalue weighted by Crippen LogP contribution is -2.18. The molecule has 7 heteroatoms. The van der Waals surface area contributed by atoms with Gasteiger partial charge in [0.2, 0.25) is 10.0 Å². The molecule has 0 aromatic heterocycles. The minimum absolute atomic E-state index is 0.111. The summed E-state index contributed by atoms with van der Waals surface area (Å²) in [7, 11) is -3.62. The molecule has 1 aromatic carbocycles. The summed E-state index contributed by atoms with van der Waals surface area (Å²) in [6.45, 7) is 1.84. The molecule has 0 aliphatic rings. The van der Waals surface area contributed by atoms with Crippen LogP contribution in [0.5, 0.6) is 0 Å². The topological polar surface area (TPSA) is 72.2 Å². The van der Waals surface area contributed by atoms with Crippen LogP contribution in [0.25, 0.3) is 0 Å². The van der Waals surface area contributed by atoms with E-state index in [1.165, 1.54) is 0 Å². The highest BCUT2D eigenvalue weighted by atomic mass is 32.2. The SMILES string of the molecule is CCCCS(=O)(=O)Nc1ccc(F)c(N)c1F. The molecule has 0 unspecified atom stereocenters. The molecular weight excluding hydrogens is 250 g/mol. The van der Waals surface area contributed by atoms with Crippen LogP contribution in [-0.4, -0.2) is 14.2 Å². The van der Waals surface area contributed by atoms with E-state index in [4.69, 9.17) is 5.73 Å². The summed E-state index contributed by atoms with van der Waals surface area (Å²) in [5.74, 6) is -2.12. The first-order chi connectivity index (χ1) is 7.87. The zero-order valence-corrected chi connectivity index (χ0v) is 10.2. The van der Waals surface area contributed by atoms with Crippen LogP contribution >= 0.6 is 0 Å². The molecule has 0 aliphatic heterocycles. The van der Waals surface area contributed by atoms with Crippen molar-refractivity contribution in [3.05, 3.63) is 23.8 Å². The fourth-order valence-electron chi connectivity index (χ4n) is 1.20. The normalized spacial score (nSPS) is 11.5. The Kier molecular flexibility index (Phi) is 4.28. The van der Waals surface area contributed by atoms with Crippen molar-refractivity contribution < 1.29 is 17.2 Å². The van der Waals surface area contributed by atoms with Gasteiger partial charge in [-0.3, -0.25) is 4.72 Å². The largest absolute Gasteiger partial charge is 0.394 e. The van der Waals surface area contributed by atoms with Gasteiger partial charge in [-0.2, -0.15) is 0 Å². The second-order valence-electron chi connectivity index (χ2n) is 3.60. The Morgan fingerprint density at radius 3 is 2.59 bits per heavy atom. The van der Waals surface area contributed by atoms with E-state index in [-0.39, 0.29) is 11.4 Å². The van der Waals surface area contributed by atoms with Crippen LogP contribution < -0.4 is 10.5 Å². The zero-order valence-electron chi connectivity index (χ0n) is 9.33. The quantitative estimate of drug-likeness (QED) is 0.800. The van der Waals surface area contributed by atoms with Crippen LogP contribution in [-0.2, 0) is 10.0 Å². The van der Waals surface area contributed by atoms with E-state index in [0.717, 1.165) is 12.1 Å². The molecule has 0 saturated carbocycles. The second kappa shape index (κ2) is 5.31. The Hall–Kier alpha value is -1.37. The van der Waals surface area contributed by atoms with E-state index in [9.17, 15) is 17.2 Å². The highest BCUT2D eigenvalue weighted by Crippen LogP contribution is 2.23. The van der Waals surface area contributed by atoms with Crippen LogP contribution in [0.2, 0.25) is 0 Å². The number of unbranched alkanes of at least 4 members (excludes halogenated alkanes) is 1. The maximum Gasteiger partial charge on any atom is 0.232 e. The number of anilines is 2. The van der Waals surface area contributed by atoms with Gasteiger partial charge in [0.25, 0.3) is 0 Å². The fraction of sp³-hybridized carbons (Fsp3) is 0.400. The molecule has 0 fully saturated rings. The summed E-state index contributed by atoms with van der Waals surface area (Å²) in [4.78, 5) is 0. The number of nitrogens with two attached hydrogens (primary N) is 1. The number of nitrogens with one attached hydrogen (secondary N) is 1. The minimum atomic E-state index is -3.62. The highest BCUT2D eigenvalue weighted by molar-refractivity contribution is 7.92. The molecule has 0 aliphatic carbocycles. The van der Waals surface area contributed by atoms with E-state index >= 15 is 0 Å². The summed E-state index contributed by atoms with van der Waals surface area (Å²) < 4.78 is 51.3. The molecule has 0 bridgehead atoms. The molecule has 0 spiro atoms. The standard InChI is InChI=1S/C10H14F2N2O2S/c1-2-3-6-17(15,16)14-8-5-4-7(11)10(13)9(8)12/h4-5,14H,2-3,6,13H2,1H3. The van der Waals surface area contributed by atoms with Crippen molar-refractivity contribution in [1.29, 1.82) is 0 Å². The third-order valence-corrected chi connectivity index (χ3v) is 3.52. The van der Waals surface area contributed by atoms with E-state index in [0.29, 0.717) is 12.8 Å². The van der Waals surface area contributed by atoms with Crippen molar-refractivity contribution in [1.82, 2.24) is 0 Å². The number of rotatable bonds is 5. The van der Waals surface area contributed by atoms with Crippen molar-refractivity contribution in [2.75, 3.05) is 16.2 Å². The van der Waals surface area contributed by atoms with Crippen molar-refractivity contribution >= 4 is 21.4 Å². The predicted molar refractivity (Wildman–Crippen MR) is 63.1 cm³/mol. The van der Waals surface area contributed by atoms with Gasteiger partial charge in [0.15, 0.2) is 5.82 Å². The molecular formula is C10H14F2N2O2S. The zero-order chi connectivity index (χ0) is 13.1. The number of hydrogen-bond donors (Lipinski definition) is 2. The Bertz CT molecular complexity index is 503. The first-order valence-electron chi connectivity index (χ1n) is 5.11. The lowest BCUT2D eigenvalue weighted by atomic mass is 10.2. The van der Waals surface area contributed by atoms with Crippen LogP contribution in [0.3, 0.4) is 0 Å². The van der Waals surface area contributed by atoms with E-state index in [1.807, 2.05) is 11.6 Å². The van der Waals surface area contributed by atoms with Gasteiger partial charge in [-0.15, -0.1) is 0 Å². The van der Waals surface area contributed by atoms with Gasteiger partial charge in [-0.05, 0) is 18.6 Å². The molecule has 1 aromatic rings. The molecule has 0 amide bonds. The third kappa shape index (κ3) is 3.55. The molecule has 0 heterocycles. The van der Waals surface area contributed by atoms with Crippen LogP contribution in [0.1, 0.15) is 19.8 Å². The molecule has 3 N–H and O–H groups in total. The molecule has 0 saturated heterocycles. The van der Waals surface area contributed by atoms with Gasteiger partial charge in [-0.25, -0.2) is 17.2 Å². The summed E-state index contributed by atoms with van der Waals surface area (Å²) in [5.41, 5.74) is 4.09. The lowest BCUT2D eigenvalue weighted by Gasteiger charge is -2.09. The average Bonchev–Trinajstić information content (AvgIpc) is 2.27. The van der Waals surface area contributed by atoms with Gasteiger partial charge in [-0.1, -0.05) is 13.3 Å². The van der Waals surface area contributed by atoms with E-state index in [1.54, 1.807) is 0 Å². The van der Waals surface area contributed by atoms with E-state index < -0.39 is 27.3 Å². The summed E-state index contributed by atoms with van der Waals surface area (Å²) in [6, 6.07) is 1.92. The number of benzene rings is 1. The van der Waals surface area contributed by atoms with Crippen LogP contribution in [0.4, 0.5) is 20.2 Å². The Labute approximate surface area is 98.9 Å². The van der Waals surface area contributed by atoms with Crippen molar-refractivity contribution in [3.63, 3.8) is 0 Å². The van der Waals surface area contributed by atoms with Crippen LogP contribution in [0.15, 0.2) is 12.1 Å². The Morgan fingerprint density at radius 2 is 2.00 bits per heavy atom. The first kappa shape index (κ1) is 13.7. The predicted octanol–water partition coefficient (Wildman–Crippen LogP) is 2.09. The minimum Gasteiger partial charge on any atom is -0.394 e. The smallest absolute Gasteiger partial charge is 0.232 e. The van der Waals surface area contributed by atoms with Gasteiger partial charge in [0.1, 0.15) is 11.5 Å². The lowest BCUT2D eigenvalue weighted by molar-refractivity contribution is 0.588. The van der Waals surface area contributed by atoms with Crippen molar-refractivity contribution in [3.8, 4) is 0 Å². The van der Waals surface area contributed by atoms with E-state index in [2.05, 4.69) is 0 Å². The van der Waals surface area contributed by atoms with Gasteiger partial charge in [0, 0.05) is 0 Å². The van der Waals surface area contributed by atoms with Gasteiger partial charge in [0.05, 0.1) is 11.4 Å². The number of halogens is 2.